The van der Waals surface area contributed by atoms with Gasteiger partial charge in [-0.15, -0.1) is 11.3 Å². The number of amides is 1. The second-order valence-corrected chi connectivity index (χ2v) is 6.91. The second-order valence-electron chi connectivity index (χ2n) is 5.82. The molecule has 3 heterocycles. The van der Waals surface area contributed by atoms with Gasteiger partial charge in [0.2, 0.25) is 5.76 Å². The third-order valence-corrected chi connectivity index (χ3v) is 5.15. The Bertz CT molecular complexity index is 786. The van der Waals surface area contributed by atoms with Crippen LogP contribution < -0.4 is 0 Å². The van der Waals surface area contributed by atoms with Gasteiger partial charge in [-0.05, 0) is 25.5 Å². The minimum Gasteiger partial charge on any atom is -0.390 e. The van der Waals surface area contributed by atoms with Crippen molar-refractivity contribution in [3.63, 3.8) is 0 Å². The van der Waals surface area contributed by atoms with Crippen LogP contribution in [0.2, 0.25) is 0 Å². The summed E-state index contributed by atoms with van der Waals surface area (Å²) in [5.74, 6) is -1.50. The van der Waals surface area contributed by atoms with E-state index in [4.69, 9.17) is 0 Å². The van der Waals surface area contributed by atoms with Gasteiger partial charge in [0.15, 0.2) is 0 Å². The molecule has 2 atom stereocenters. The molecule has 0 spiro atoms. The lowest BCUT2D eigenvalue weighted by Gasteiger charge is -2.33. The van der Waals surface area contributed by atoms with Crippen molar-refractivity contribution in [3.8, 4) is 10.6 Å². The monoisotopic (exact) mass is 376 g/mol. The Balaban J connectivity index is 1.81. The maximum atomic E-state index is 12.8. The SMILES string of the molecule is Cc1c(-c2ccc(C(=O)N3CCC(O)C(O)C3)s2)noc1C(F)(F)F. The number of aliphatic hydroxyl groups is 2. The number of hydrogen-bond donors (Lipinski definition) is 2. The van der Waals surface area contributed by atoms with Crippen molar-refractivity contribution in [2.75, 3.05) is 13.1 Å². The fourth-order valence-electron chi connectivity index (χ4n) is 2.67. The Kier molecular flexibility index (Phi) is 4.60. The standard InChI is InChI=1S/C15H15F3N2O4S/c1-7-12(19-24-13(7)15(16,17)18)10-2-3-11(25-10)14(23)20-5-4-8(21)9(22)6-20/h2-3,8-9,21-22H,4-6H2,1H3. The number of piperidine rings is 1. The summed E-state index contributed by atoms with van der Waals surface area (Å²) in [6, 6.07) is 3.01. The fraction of sp³-hybridized carbons (Fsp3) is 0.467. The summed E-state index contributed by atoms with van der Waals surface area (Å²) in [7, 11) is 0. The van der Waals surface area contributed by atoms with E-state index in [0.717, 1.165) is 11.3 Å². The molecule has 2 N–H and O–H groups in total. The van der Waals surface area contributed by atoms with E-state index in [1.807, 2.05) is 0 Å². The second kappa shape index (κ2) is 6.43. The van der Waals surface area contributed by atoms with E-state index in [1.54, 1.807) is 0 Å². The molecule has 1 fully saturated rings. The van der Waals surface area contributed by atoms with E-state index >= 15 is 0 Å². The van der Waals surface area contributed by atoms with Gasteiger partial charge in [-0.1, -0.05) is 5.16 Å². The predicted molar refractivity (Wildman–Crippen MR) is 82.1 cm³/mol. The molecule has 2 aromatic heterocycles. The van der Waals surface area contributed by atoms with E-state index in [2.05, 4.69) is 9.68 Å². The third kappa shape index (κ3) is 3.42. The van der Waals surface area contributed by atoms with E-state index in [0.29, 0.717) is 16.3 Å². The van der Waals surface area contributed by atoms with Gasteiger partial charge in [0, 0.05) is 18.7 Å². The van der Waals surface area contributed by atoms with Gasteiger partial charge in [-0.2, -0.15) is 13.2 Å². The zero-order chi connectivity index (χ0) is 18.4. The summed E-state index contributed by atoms with van der Waals surface area (Å²) in [6.07, 6.45) is -6.23. The van der Waals surface area contributed by atoms with Crippen LogP contribution in [0, 0.1) is 6.92 Å². The highest BCUT2D eigenvalue weighted by Gasteiger charge is 2.39. The quantitative estimate of drug-likeness (QED) is 0.840. The summed E-state index contributed by atoms with van der Waals surface area (Å²) in [4.78, 5) is 14.6. The fourth-order valence-corrected chi connectivity index (χ4v) is 3.68. The topological polar surface area (TPSA) is 86.8 Å². The van der Waals surface area contributed by atoms with Crippen molar-refractivity contribution in [2.45, 2.75) is 31.7 Å². The lowest BCUT2D eigenvalue weighted by molar-refractivity contribution is -0.156. The zero-order valence-electron chi connectivity index (χ0n) is 13.1. The number of aromatic nitrogens is 1. The molecule has 3 rings (SSSR count). The van der Waals surface area contributed by atoms with Crippen molar-refractivity contribution in [1.29, 1.82) is 0 Å². The average molecular weight is 376 g/mol. The molecule has 1 aliphatic heterocycles. The Hall–Kier alpha value is -1.91. The van der Waals surface area contributed by atoms with E-state index in [-0.39, 0.29) is 30.1 Å². The summed E-state index contributed by atoms with van der Waals surface area (Å²) in [5, 5.41) is 22.7. The molecule has 0 saturated carbocycles. The van der Waals surface area contributed by atoms with Crippen LogP contribution in [0.5, 0.6) is 0 Å². The predicted octanol–water partition coefficient (Wildman–Crippen LogP) is 2.30. The average Bonchev–Trinajstić information content (AvgIpc) is 3.15. The van der Waals surface area contributed by atoms with E-state index in [9.17, 15) is 28.2 Å². The smallest absolute Gasteiger partial charge is 0.390 e. The molecule has 0 aromatic carbocycles. The first-order valence-corrected chi connectivity index (χ1v) is 8.29. The van der Waals surface area contributed by atoms with Crippen LogP contribution in [-0.2, 0) is 6.18 Å². The van der Waals surface area contributed by atoms with Crippen molar-refractivity contribution in [1.82, 2.24) is 10.1 Å². The van der Waals surface area contributed by atoms with Crippen molar-refractivity contribution in [2.24, 2.45) is 0 Å². The molecule has 6 nitrogen and oxygen atoms in total. The number of alkyl halides is 3. The molecule has 2 unspecified atom stereocenters. The molecule has 0 radical (unpaired) electrons. The Morgan fingerprint density at radius 2 is 2.08 bits per heavy atom. The number of carbonyl (C=O) groups excluding carboxylic acids is 1. The number of halogens is 3. The molecule has 136 valence electrons. The van der Waals surface area contributed by atoms with Gasteiger partial charge >= 0.3 is 6.18 Å². The number of aliphatic hydroxyl groups excluding tert-OH is 2. The highest BCUT2D eigenvalue weighted by atomic mass is 32.1. The highest BCUT2D eigenvalue weighted by Crippen LogP contribution is 2.38. The number of β-amino-alcohol motifs (C(OH)–C–C–N with tert-alkyl or cyclic N) is 1. The summed E-state index contributed by atoms with van der Waals surface area (Å²) in [6.45, 7) is 1.57. The largest absolute Gasteiger partial charge is 0.452 e. The molecular weight excluding hydrogens is 361 g/mol. The summed E-state index contributed by atoms with van der Waals surface area (Å²) in [5.41, 5.74) is -0.0876. The van der Waals surface area contributed by atoms with Gasteiger partial charge in [0.25, 0.3) is 5.91 Å². The van der Waals surface area contributed by atoms with Gasteiger partial charge < -0.3 is 19.6 Å². The Labute approximate surface area is 144 Å². The summed E-state index contributed by atoms with van der Waals surface area (Å²) >= 11 is 1.00. The van der Waals surface area contributed by atoms with Crippen molar-refractivity contribution >= 4 is 17.2 Å². The van der Waals surface area contributed by atoms with Gasteiger partial charge in [-0.3, -0.25) is 4.79 Å². The molecule has 1 saturated heterocycles. The minimum absolute atomic E-state index is 0.00838. The summed E-state index contributed by atoms with van der Waals surface area (Å²) < 4.78 is 42.8. The normalized spacial score (nSPS) is 21.6. The molecule has 10 heteroatoms. The number of thiophene rings is 1. The number of carbonyl (C=O) groups is 1. The van der Waals surface area contributed by atoms with Crippen LogP contribution in [0.1, 0.15) is 27.4 Å². The lowest BCUT2D eigenvalue weighted by Crippen LogP contribution is -2.48. The molecular formula is C15H15F3N2O4S. The number of likely N-dealkylation sites (tertiary alicyclic amines) is 1. The van der Waals surface area contributed by atoms with Crippen LogP contribution in [0.3, 0.4) is 0 Å². The number of hydrogen-bond acceptors (Lipinski definition) is 6. The molecule has 25 heavy (non-hydrogen) atoms. The third-order valence-electron chi connectivity index (χ3n) is 4.07. The van der Waals surface area contributed by atoms with E-state index < -0.39 is 24.1 Å². The number of nitrogens with zero attached hydrogens (tertiary/aromatic N) is 2. The molecule has 2 aromatic rings. The molecule has 1 amide bonds. The van der Waals surface area contributed by atoms with Crippen LogP contribution in [0.25, 0.3) is 10.6 Å². The van der Waals surface area contributed by atoms with E-state index in [1.165, 1.54) is 24.0 Å². The molecule has 0 aliphatic carbocycles. The molecule has 1 aliphatic rings. The first kappa shape index (κ1) is 17.9. The van der Waals surface area contributed by atoms with Gasteiger partial charge in [-0.25, -0.2) is 0 Å². The zero-order valence-corrected chi connectivity index (χ0v) is 13.9. The van der Waals surface area contributed by atoms with Crippen LogP contribution in [-0.4, -0.2) is 51.5 Å². The highest BCUT2D eigenvalue weighted by molar-refractivity contribution is 7.17. The Morgan fingerprint density at radius 1 is 1.36 bits per heavy atom. The van der Waals surface area contributed by atoms with Crippen LogP contribution >= 0.6 is 11.3 Å². The van der Waals surface area contributed by atoms with Crippen LogP contribution in [0.15, 0.2) is 16.7 Å². The minimum atomic E-state index is -4.63. The lowest BCUT2D eigenvalue weighted by atomic mass is 10.1. The number of rotatable bonds is 2. The van der Waals surface area contributed by atoms with Gasteiger partial charge in [0.1, 0.15) is 5.69 Å². The van der Waals surface area contributed by atoms with Crippen molar-refractivity contribution in [3.05, 3.63) is 28.3 Å². The van der Waals surface area contributed by atoms with Gasteiger partial charge in [0.05, 0.1) is 22.0 Å². The van der Waals surface area contributed by atoms with Crippen LogP contribution in [0.4, 0.5) is 13.2 Å². The maximum absolute atomic E-state index is 12.8. The van der Waals surface area contributed by atoms with Crippen molar-refractivity contribution < 1.29 is 32.7 Å². The first-order valence-electron chi connectivity index (χ1n) is 7.47. The first-order chi connectivity index (χ1) is 11.7. The molecule has 0 bridgehead atoms. The Morgan fingerprint density at radius 3 is 2.68 bits per heavy atom. The maximum Gasteiger partial charge on any atom is 0.452 e.